The standard InChI is InChI=1S/C11H10N2O2/c1-7(2)12-13-10(14)8-5-3-4-6-9(8)11(13)15/h3-6H,1-2H3. The number of carbonyl (C=O) groups is 2. The number of nitrogens with zero attached hydrogens (tertiary/aromatic N) is 2. The van der Waals surface area contributed by atoms with Crippen LogP contribution in [0.2, 0.25) is 0 Å². The molecule has 0 radical (unpaired) electrons. The maximum absolute atomic E-state index is 11.7. The molecule has 1 aliphatic heterocycles. The highest BCUT2D eigenvalue weighted by Crippen LogP contribution is 2.22. The minimum Gasteiger partial charge on any atom is -0.267 e. The molecule has 0 atom stereocenters. The van der Waals surface area contributed by atoms with Crippen LogP contribution >= 0.6 is 0 Å². The number of rotatable bonds is 1. The summed E-state index contributed by atoms with van der Waals surface area (Å²) in [4.78, 5) is 23.5. The Morgan fingerprint density at radius 3 is 1.93 bits per heavy atom. The fourth-order valence-electron chi connectivity index (χ4n) is 1.47. The summed E-state index contributed by atoms with van der Waals surface area (Å²) in [6.07, 6.45) is 0. The third-order valence-corrected chi connectivity index (χ3v) is 2.07. The van der Waals surface area contributed by atoms with Gasteiger partial charge in [0.15, 0.2) is 0 Å². The molecule has 1 heterocycles. The number of carbonyl (C=O) groups excluding carboxylic acids is 2. The highest BCUT2D eigenvalue weighted by molar-refractivity contribution is 6.21. The topological polar surface area (TPSA) is 49.7 Å². The Bertz CT molecular complexity index is 438. The first-order chi connectivity index (χ1) is 7.11. The van der Waals surface area contributed by atoms with Crippen LogP contribution in [-0.2, 0) is 0 Å². The molecule has 0 saturated carbocycles. The Morgan fingerprint density at radius 1 is 1.07 bits per heavy atom. The molecule has 15 heavy (non-hydrogen) atoms. The molecule has 1 aromatic carbocycles. The number of hydrogen-bond donors (Lipinski definition) is 0. The first kappa shape index (κ1) is 9.58. The van der Waals surface area contributed by atoms with Crippen LogP contribution in [0.1, 0.15) is 34.6 Å². The lowest BCUT2D eigenvalue weighted by molar-refractivity contribution is 0.0658. The fraction of sp³-hybridized carbons (Fsp3) is 0.182. The second kappa shape index (κ2) is 3.31. The molecule has 0 bridgehead atoms. The van der Waals surface area contributed by atoms with Crippen LogP contribution in [0.4, 0.5) is 0 Å². The van der Waals surface area contributed by atoms with Crippen LogP contribution in [0.25, 0.3) is 0 Å². The van der Waals surface area contributed by atoms with Crippen molar-refractivity contribution in [3.8, 4) is 0 Å². The second-order valence-corrected chi connectivity index (χ2v) is 3.51. The summed E-state index contributed by atoms with van der Waals surface area (Å²) in [6, 6.07) is 6.73. The normalized spacial score (nSPS) is 14.1. The molecule has 0 unspecified atom stereocenters. The molecule has 0 aliphatic carbocycles. The molecule has 2 amide bonds. The molecule has 0 aromatic heterocycles. The molecule has 0 spiro atoms. The SMILES string of the molecule is CC(C)=NN1C(=O)c2ccccc2C1=O. The van der Waals surface area contributed by atoms with Crippen molar-refractivity contribution >= 4 is 17.5 Å². The maximum Gasteiger partial charge on any atom is 0.282 e. The zero-order valence-electron chi connectivity index (χ0n) is 8.52. The van der Waals surface area contributed by atoms with E-state index < -0.39 is 0 Å². The smallest absolute Gasteiger partial charge is 0.267 e. The van der Waals surface area contributed by atoms with Gasteiger partial charge in [-0.3, -0.25) is 9.59 Å². The van der Waals surface area contributed by atoms with Crippen molar-refractivity contribution in [3.05, 3.63) is 35.4 Å². The number of hydrogen-bond acceptors (Lipinski definition) is 3. The molecule has 0 fully saturated rings. The van der Waals surface area contributed by atoms with Gasteiger partial charge >= 0.3 is 0 Å². The van der Waals surface area contributed by atoms with Crippen molar-refractivity contribution in [3.63, 3.8) is 0 Å². The van der Waals surface area contributed by atoms with E-state index in [9.17, 15) is 9.59 Å². The molecule has 76 valence electrons. The monoisotopic (exact) mass is 202 g/mol. The van der Waals surface area contributed by atoms with E-state index in [1.807, 2.05) is 0 Å². The minimum atomic E-state index is -0.350. The number of benzene rings is 1. The first-order valence-corrected chi connectivity index (χ1v) is 4.61. The van der Waals surface area contributed by atoms with Crippen LogP contribution in [0.3, 0.4) is 0 Å². The first-order valence-electron chi connectivity index (χ1n) is 4.61. The van der Waals surface area contributed by atoms with Gasteiger partial charge in [0.2, 0.25) is 0 Å². The van der Waals surface area contributed by atoms with E-state index in [4.69, 9.17) is 0 Å². The lowest BCUT2D eigenvalue weighted by Crippen LogP contribution is -2.24. The maximum atomic E-state index is 11.7. The summed E-state index contributed by atoms with van der Waals surface area (Å²) >= 11 is 0. The number of fused-ring (bicyclic) bond motifs is 1. The van der Waals surface area contributed by atoms with E-state index in [-0.39, 0.29) is 11.8 Å². The Labute approximate surface area is 87.2 Å². The Morgan fingerprint density at radius 2 is 1.53 bits per heavy atom. The third-order valence-electron chi connectivity index (χ3n) is 2.07. The summed E-state index contributed by atoms with van der Waals surface area (Å²) in [5.74, 6) is -0.700. The van der Waals surface area contributed by atoms with Crippen molar-refractivity contribution in [1.82, 2.24) is 5.01 Å². The van der Waals surface area contributed by atoms with Crippen molar-refractivity contribution in [2.24, 2.45) is 5.10 Å². The second-order valence-electron chi connectivity index (χ2n) is 3.51. The van der Waals surface area contributed by atoms with Crippen LogP contribution < -0.4 is 0 Å². The number of hydrazone groups is 1. The molecule has 1 aliphatic rings. The van der Waals surface area contributed by atoms with Gasteiger partial charge in [0.1, 0.15) is 0 Å². The summed E-state index contributed by atoms with van der Waals surface area (Å²) in [5.41, 5.74) is 1.52. The van der Waals surface area contributed by atoms with Gasteiger partial charge in [-0.05, 0) is 26.0 Å². The van der Waals surface area contributed by atoms with Crippen molar-refractivity contribution < 1.29 is 9.59 Å². The molecule has 0 saturated heterocycles. The van der Waals surface area contributed by atoms with Gasteiger partial charge in [-0.2, -0.15) is 10.1 Å². The molecule has 2 rings (SSSR count). The molecule has 0 N–H and O–H groups in total. The summed E-state index contributed by atoms with van der Waals surface area (Å²) in [7, 11) is 0. The van der Waals surface area contributed by atoms with E-state index in [2.05, 4.69) is 5.10 Å². The molecular formula is C11H10N2O2. The Kier molecular flexibility index (Phi) is 2.11. The van der Waals surface area contributed by atoms with Gasteiger partial charge in [-0.15, -0.1) is 0 Å². The van der Waals surface area contributed by atoms with Crippen molar-refractivity contribution in [2.45, 2.75) is 13.8 Å². The van der Waals surface area contributed by atoms with Crippen LogP contribution in [0.15, 0.2) is 29.4 Å². The Balaban J connectivity index is 2.50. The molecule has 1 aromatic rings. The lowest BCUT2D eigenvalue weighted by atomic mass is 10.1. The Hall–Kier alpha value is -1.97. The van der Waals surface area contributed by atoms with E-state index in [1.54, 1.807) is 38.1 Å². The quantitative estimate of drug-likeness (QED) is 0.514. The predicted molar refractivity (Wildman–Crippen MR) is 55.7 cm³/mol. The van der Waals surface area contributed by atoms with Gasteiger partial charge in [0.05, 0.1) is 11.1 Å². The van der Waals surface area contributed by atoms with Crippen LogP contribution in [0.5, 0.6) is 0 Å². The zero-order valence-corrected chi connectivity index (χ0v) is 8.52. The molecule has 4 nitrogen and oxygen atoms in total. The fourth-order valence-corrected chi connectivity index (χ4v) is 1.47. The van der Waals surface area contributed by atoms with Crippen LogP contribution in [-0.4, -0.2) is 22.5 Å². The highest BCUT2D eigenvalue weighted by atomic mass is 16.2. The molecule has 4 heteroatoms. The largest absolute Gasteiger partial charge is 0.282 e. The van der Waals surface area contributed by atoms with Gasteiger partial charge in [-0.1, -0.05) is 12.1 Å². The third kappa shape index (κ3) is 1.44. The van der Waals surface area contributed by atoms with E-state index >= 15 is 0 Å². The van der Waals surface area contributed by atoms with Crippen LogP contribution in [0, 0.1) is 0 Å². The van der Waals surface area contributed by atoms with E-state index in [0.717, 1.165) is 5.01 Å². The number of imide groups is 1. The summed E-state index contributed by atoms with van der Waals surface area (Å²) < 4.78 is 0. The van der Waals surface area contributed by atoms with Crippen molar-refractivity contribution in [2.75, 3.05) is 0 Å². The average molecular weight is 202 g/mol. The van der Waals surface area contributed by atoms with Gasteiger partial charge in [0, 0.05) is 5.71 Å². The summed E-state index contributed by atoms with van der Waals surface area (Å²) in [6.45, 7) is 3.48. The zero-order chi connectivity index (χ0) is 11.0. The van der Waals surface area contributed by atoms with Gasteiger partial charge < -0.3 is 0 Å². The average Bonchev–Trinajstić information content (AvgIpc) is 2.44. The summed E-state index contributed by atoms with van der Waals surface area (Å²) in [5, 5.41) is 4.82. The lowest BCUT2D eigenvalue weighted by Gasteiger charge is -2.06. The predicted octanol–water partition coefficient (Wildman–Crippen LogP) is 1.68. The van der Waals surface area contributed by atoms with Gasteiger partial charge in [0.25, 0.3) is 11.8 Å². The highest BCUT2D eigenvalue weighted by Gasteiger charge is 2.35. The van der Waals surface area contributed by atoms with Gasteiger partial charge in [-0.25, -0.2) is 0 Å². The molecular weight excluding hydrogens is 192 g/mol. The van der Waals surface area contributed by atoms with E-state index in [0.29, 0.717) is 16.8 Å². The van der Waals surface area contributed by atoms with Crippen molar-refractivity contribution in [1.29, 1.82) is 0 Å². The minimum absolute atomic E-state index is 0.350. The van der Waals surface area contributed by atoms with E-state index in [1.165, 1.54) is 0 Å². The number of amides is 2.